The summed E-state index contributed by atoms with van der Waals surface area (Å²) in [5, 5.41) is 1.57. The maximum absolute atomic E-state index is 13.8. The van der Waals surface area contributed by atoms with Gasteiger partial charge < -0.3 is 5.73 Å². The van der Waals surface area contributed by atoms with E-state index in [1.807, 2.05) is 24.3 Å². The van der Waals surface area contributed by atoms with E-state index in [9.17, 15) is 4.39 Å². The zero-order valence-corrected chi connectivity index (χ0v) is 11.2. The number of benzene rings is 2. The third-order valence-corrected chi connectivity index (χ3v) is 3.99. The van der Waals surface area contributed by atoms with Crippen molar-refractivity contribution in [2.24, 2.45) is 11.1 Å². The molecule has 0 bridgehead atoms. The summed E-state index contributed by atoms with van der Waals surface area (Å²) in [6.45, 7) is 6.43. The highest BCUT2D eigenvalue weighted by Gasteiger charge is 2.27. The lowest BCUT2D eigenvalue weighted by atomic mass is 9.77. The van der Waals surface area contributed by atoms with Gasteiger partial charge in [-0.15, -0.1) is 0 Å². The molecular formula is C16H20FN. The van der Waals surface area contributed by atoms with Crippen molar-refractivity contribution in [1.29, 1.82) is 0 Å². The fourth-order valence-corrected chi connectivity index (χ4v) is 2.20. The second kappa shape index (κ2) is 4.69. The molecule has 0 aromatic heterocycles. The molecule has 2 aromatic rings. The van der Waals surface area contributed by atoms with Crippen LogP contribution in [0.1, 0.15) is 38.8 Å². The van der Waals surface area contributed by atoms with Crippen LogP contribution in [0.25, 0.3) is 10.8 Å². The summed E-state index contributed by atoms with van der Waals surface area (Å²) in [5.74, 6) is -0.184. The van der Waals surface area contributed by atoms with Crippen molar-refractivity contribution in [2.45, 2.75) is 33.2 Å². The molecule has 1 atom stereocenters. The van der Waals surface area contributed by atoms with Crippen molar-refractivity contribution < 1.29 is 4.39 Å². The van der Waals surface area contributed by atoms with Gasteiger partial charge in [0.2, 0.25) is 0 Å². The minimum absolute atomic E-state index is 0.000596. The van der Waals surface area contributed by atoms with E-state index in [-0.39, 0.29) is 17.3 Å². The molecule has 0 saturated carbocycles. The molecule has 1 nitrogen and oxygen atoms in total. The minimum Gasteiger partial charge on any atom is -0.323 e. The standard InChI is InChI=1S/C16H20FN/c1-4-16(2,3)15(18)13-9-10-14(17)12-8-6-5-7-11(12)13/h5-10,15H,4,18H2,1-3H3. The topological polar surface area (TPSA) is 26.0 Å². The van der Waals surface area contributed by atoms with Crippen LogP contribution >= 0.6 is 0 Å². The number of rotatable bonds is 3. The largest absolute Gasteiger partial charge is 0.323 e. The first-order valence-electron chi connectivity index (χ1n) is 6.40. The van der Waals surface area contributed by atoms with Gasteiger partial charge in [0.1, 0.15) is 5.82 Å². The van der Waals surface area contributed by atoms with Gasteiger partial charge in [0.05, 0.1) is 0 Å². The lowest BCUT2D eigenvalue weighted by Gasteiger charge is -2.31. The average molecular weight is 245 g/mol. The van der Waals surface area contributed by atoms with Crippen LogP contribution in [0.5, 0.6) is 0 Å². The summed E-state index contributed by atoms with van der Waals surface area (Å²) in [6.07, 6.45) is 0.986. The minimum atomic E-state index is -0.184. The molecule has 1 unspecified atom stereocenters. The van der Waals surface area contributed by atoms with E-state index in [1.165, 1.54) is 6.07 Å². The number of hydrogen-bond acceptors (Lipinski definition) is 1. The van der Waals surface area contributed by atoms with Crippen LogP contribution in [-0.2, 0) is 0 Å². The van der Waals surface area contributed by atoms with Gasteiger partial charge in [-0.25, -0.2) is 4.39 Å². The molecule has 0 aliphatic rings. The van der Waals surface area contributed by atoms with E-state index < -0.39 is 0 Å². The Labute approximate surface area is 108 Å². The van der Waals surface area contributed by atoms with Crippen LogP contribution in [0.15, 0.2) is 36.4 Å². The molecule has 0 amide bonds. The molecule has 0 aliphatic heterocycles. The molecule has 2 aromatic carbocycles. The van der Waals surface area contributed by atoms with Crippen molar-refractivity contribution in [3.8, 4) is 0 Å². The van der Waals surface area contributed by atoms with Crippen LogP contribution < -0.4 is 5.73 Å². The normalized spacial score (nSPS) is 13.8. The summed E-state index contributed by atoms with van der Waals surface area (Å²) in [6, 6.07) is 10.8. The zero-order valence-electron chi connectivity index (χ0n) is 11.2. The maximum atomic E-state index is 13.8. The Morgan fingerprint density at radius 3 is 2.33 bits per heavy atom. The van der Waals surface area contributed by atoms with Crippen LogP contribution in [0.3, 0.4) is 0 Å². The highest BCUT2D eigenvalue weighted by molar-refractivity contribution is 5.86. The first-order chi connectivity index (χ1) is 8.47. The van der Waals surface area contributed by atoms with E-state index in [1.54, 1.807) is 6.07 Å². The molecule has 2 rings (SSSR count). The molecule has 0 radical (unpaired) electrons. The summed E-state index contributed by atoms with van der Waals surface area (Å²) in [4.78, 5) is 0. The number of nitrogens with two attached hydrogens (primary N) is 1. The lowest BCUT2D eigenvalue weighted by Crippen LogP contribution is -2.28. The molecule has 2 N–H and O–H groups in total. The Morgan fingerprint density at radius 2 is 1.72 bits per heavy atom. The molecule has 0 saturated heterocycles. The predicted octanol–water partition coefficient (Wildman–Crippen LogP) is 4.41. The smallest absolute Gasteiger partial charge is 0.131 e. The predicted molar refractivity (Wildman–Crippen MR) is 74.9 cm³/mol. The summed E-state index contributed by atoms with van der Waals surface area (Å²) < 4.78 is 13.8. The van der Waals surface area contributed by atoms with Crippen LogP contribution in [0, 0.1) is 11.2 Å². The van der Waals surface area contributed by atoms with E-state index in [2.05, 4.69) is 20.8 Å². The van der Waals surface area contributed by atoms with Crippen LogP contribution in [0.4, 0.5) is 4.39 Å². The second-order valence-electron chi connectivity index (χ2n) is 5.50. The Hall–Kier alpha value is -1.41. The fourth-order valence-electron chi connectivity index (χ4n) is 2.20. The van der Waals surface area contributed by atoms with Gasteiger partial charge in [0.15, 0.2) is 0 Å². The van der Waals surface area contributed by atoms with Gasteiger partial charge >= 0.3 is 0 Å². The molecule has 96 valence electrons. The van der Waals surface area contributed by atoms with Crippen molar-refractivity contribution in [2.75, 3.05) is 0 Å². The van der Waals surface area contributed by atoms with Gasteiger partial charge in [-0.1, -0.05) is 51.1 Å². The Kier molecular flexibility index (Phi) is 3.40. The van der Waals surface area contributed by atoms with Gasteiger partial charge in [-0.05, 0) is 28.9 Å². The van der Waals surface area contributed by atoms with E-state index in [0.29, 0.717) is 5.39 Å². The Bertz CT molecular complexity index is 560. The first-order valence-corrected chi connectivity index (χ1v) is 6.40. The van der Waals surface area contributed by atoms with Crippen molar-refractivity contribution in [1.82, 2.24) is 0 Å². The molecule has 0 spiro atoms. The lowest BCUT2D eigenvalue weighted by molar-refractivity contribution is 0.279. The monoisotopic (exact) mass is 245 g/mol. The number of fused-ring (bicyclic) bond motifs is 1. The number of hydrogen-bond donors (Lipinski definition) is 1. The van der Waals surface area contributed by atoms with E-state index in [0.717, 1.165) is 17.4 Å². The summed E-state index contributed by atoms with van der Waals surface area (Å²) in [5.41, 5.74) is 7.40. The van der Waals surface area contributed by atoms with Crippen molar-refractivity contribution in [3.63, 3.8) is 0 Å². The second-order valence-corrected chi connectivity index (χ2v) is 5.50. The van der Waals surface area contributed by atoms with Gasteiger partial charge in [-0.3, -0.25) is 0 Å². The van der Waals surface area contributed by atoms with Crippen LogP contribution in [-0.4, -0.2) is 0 Å². The number of halogens is 1. The summed E-state index contributed by atoms with van der Waals surface area (Å²) >= 11 is 0. The maximum Gasteiger partial charge on any atom is 0.131 e. The molecular weight excluding hydrogens is 225 g/mol. The molecule has 0 fully saturated rings. The fraction of sp³-hybridized carbons (Fsp3) is 0.375. The molecule has 2 heteroatoms. The third-order valence-electron chi connectivity index (χ3n) is 3.99. The molecule has 18 heavy (non-hydrogen) atoms. The molecule has 0 heterocycles. The van der Waals surface area contributed by atoms with Crippen LogP contribution in [0.2, 0.25) is 0 Å². The Morgan fingerprint density at radius 1 is 1.11 bits per heavy atom. The molecule has 0 aliphatic carbocycles. The van der Waals surface area contributed by atoms with Gasteiger partial charge in [0.25, 0.3) is 0 Å². The van der Waals surface area contributed by atoms with E-state index in [4.69, 9.17) is 5.73 Å². The van der Waals surface area contributed by atoms with Crippen molar-refractivity contribution >= 4 is 10.8 Å². The van der Waals surface area contributed by atoms with Crippen molar-refractivity contribution in [3.05, 3.63) is 47.8 Å². The quantitative estimate of drug-likeness (QED) is 0.851. The first kappa shape index (κ1) is 13.0. The highest BCUT2D eigenvalue weighted by Crippen LogP contribution is 2.37. The zero-order chi connectivity index (χ0) is 13.3. The third kappa shape index (κ3) is 2.13. The summed E-state index contributed by atoms with van der Waals surface area (Å²) in [7, 11) is 0. The van der Waals surface area contributed by atoms with E-state index >= 15 is 0 Å². The SMILES string of the molecule is CCC(C)(C)C(N)c1ccc(F)c2ccccc12. The average Bonchev–Trinajstić information content (AvgIpc) is 2.39. The Balaban J connectivity index is 2.62. The van der Waals surface area contributed by atoms with Gasteiger partial charge in [-0.2, -0.15) is 0 Å². The van der Waals surface area contributed by atoms with Gasteiger partial charge in [0, 0.05) is 11.4 Å². The highest BCUT2D eigenvalue weighted by atomic mass is 19.1.